The quantitative estimate of drug-likeness (QED) is 0.896. The molecule has 23 heavy (non-hydrogen) atoms. The summed E-state index contributed by atoms with van der Waals surface area (Å²) in [5.74, 6) is 0.867. The van der Waals surface area contributed by atoms with Crippen LogP contribution >= 0.6 is 0 Å². The summed E-state index contributed by atoms with van der Waals surface area (Å²) in [7, 11) is -3.55. The van der Waals surface area contributed by atoms with Gasteiger partial charge in [-0.3, -0.25) is 4.79 Å². The first-order valence-electron chi connectivity index (χ1n) is 7.89. The normalized spacial score (nSPS) is 28.7. The van der Waals surface area contributed by atoms with Crippen molar-refractivity contribution in [3.05, 3.63) is 18.2 Å². The van der Waals surface area contributed by atoms with E-state index in [9.17, 15) is 13.2 Å². The summed E-state index contributed by atoms with van der Waals surface area (Å²) >= 11 is 0. The molecule has 0 spiro atoms. The van der Waals surface area contributed by atoms with Gasteiger partial charge in [0.05, 0.1) is 10.6 Å². The van der Waals surface area contributed by atoms with E-state index < -0.39 is 16.1 Å². The van der Waals surface area contributed by atoms with Crippen LogP contribution in [-0.4, -0.2) is 37.8 Å². The molecule has 1 saturated heterocycles. The number of anilines is 1. The minimum absolute atomic E-state index is 0.209. The highest BCUT2D eigenvalue weighted by atomic mass is 32.2. The molecule has 7 heteroatoms. The van der Waals surface area contributed by atoms with Crippen LogP contribution in [0.2, 0.25) is 0 Å². The van der Waals surface area contributed by atoms with Crippen molar-refractivity contribution in [2.24, 2.45) is 11.8 Å². The summed E-state index contributed by atoms with van der Waals surface area (Å²) in [5, 5.41) is 2.71. The molecule has 0 bridgehead atoms. The molecule has 1 fully saturated rings. The molecular weight excluding hydrogens is 316 g/mol. The summed E-state index contributed by atoms with van der Waals surface area (Å²) in [6.45, 7) is 6.86. The Morgan fingerprint density at radius 1 is 1.17 bits per heavy atom. The lowest BCUT2D eigenvalue weighted by Gasteiger charge is -2.34. The number of sulfonamides is 1. The number of carbonyl (C=O) groups is 1. The number of amides is 1. The summed E-state index contributed by atoms with van der Waals surface area (Å²) in [6, 6.07) is 4.62. The number of hydrogen-bond acceptors (Lipinski definition) is 4. The zero-order valence-electron chi connectivity index (χ0n) is 13.6. The number of carbonyl (C=O) groups excluding carboxylic acids is 1. The van der Waals surface area contributed by atoms with Gasteiger partial charge in [-0.25, -0.2) is 8.42 Å². The number of nitrogens with one attached hydrogen (secondary N) is 1. The van der Waals surface area contributed by atoms with Crippen LogP contribution in [0.1, 0.15) is 27.2 Å². The molecular formula is C16H22N2O4S. The number of piperidine rings is 1. The molecule has 1 amide bonds. The first-order valence-corrected chi connectivity index (χ1v) is 9.33. The van der Waals surface area contributed by atoms with Gasteiger partial charge in [0.2, 0.25) is 10.0 Å². The lowest BCUT2D eigenvalue weighted by atomic mass is 9.94. The number of benzene rings is 1. The van der Waals surface area contributed by atoms with Gasteiger partial charge in [0.15, 0.2) is 6.10 Å². The van der Waals surface area contributed by atoms with Crippen molar-refractivity contribution in [3.8, 4) is 5.75 Å². The minimum Gasteiger partial charge on any atom is -0.479 e. The fraction of sp³-hybridized carbons (Fsp3) is 0.562. The van der Waals surface area contributed by atoms with Gasteiger partial charge in [-0.05, 0) is 37.3 Å². The van der Waals surface area contributed by atoms with Crippen molar-refractivity contribution < 1.29 is 17.9 Å². The second-order valence-corrected chi connectivity index (χ2v) is 8.61. The Hall–Kier alpha value is -1.60. The molecule has 0 aromatic heterocycles. The van der Waals surface area contributed by atoms with Gasteiger partial charge < -0.3 is 10.1 Å². The number of fused-ring (bicyclic) bond motifs is 1. The van der Waals surface area contributed by atoms with Gasteiger partial charge in [-0.2, -0.15) is 4.31 Å². The topological polar surface area (TPSA) is 75.7 Å². The van der Waals surface area contributed by atoms with E-state index in [4.69, 9.17) is 4.74 Å². The Kier molecular flexibility index (Phi) is 4.10. The second-order valence-electron chi connectivity index (χ2n) is 6.68. The molecule has 6 nitrogen and oxygen atoms in total. The van der Waals surface area contributed by atoms with Crippen molar-refractivity contribution in [1.29, 1.82) is 0 Å². The van der Waals surface area contributed by atoms with Gasteiger partial charge in [-0.1, -0.05) is 13.8 Å². The highest BCUT2D eigenvalue weighted by Crippen LogP contribution is 2.34. The highest BCUT2D eigenvalue weighted by Gasteiger charge is 2.33. The molecule has 126 valence electrons. The van der Waals surface area contributed by atoms with Crippen molar-refractivity contribution in [2.75, 3.05) is 18.4 Å². The summed E-state index contributed by atoms with van der Waals surface area (Å²) in [4.78, 5) is 11.8. The van der Waals surface area contributed by atoms with Crippen LogP contribution in [0.5, 0.6) is 5.75 Å². The summed E-state index contributed by atoms with van der Waals surface area (Å²) in [6.07, 6.45) is 0.415. The molecule has 0 radical (unpaired) electrons. The molecule has 3 rings (SSSR count). The van der Waals surface area contributed by atoms with E-state index in [-0.39, 0.29) is 10.8 Å². The third kappa shape index (κ3) is 3.07. The predicted octanol–water partition coefficient (Wildman–Crippen LogP) is 2.07. The van der Waals surface area contributed by atoms with E-state index in [0.29, 0.717) is 36.4 Å². The average Bonchev–Trinajstić information content (AvgIpc) is 2.47. The molecule has 0 aliphatic carbocycles. The fourth-order valence-corrected chi connectivity index (χ4v) is 4.99. The van der Waals surface area contributed by atoms with Gasteiger partial charge in [0.25, 0.3) is 5.91 Å². The number of ether oxygens (including phenoxy) is 1. The van der Waals surface area contributed by atoms with Crippen LogP contribution in [0.4, 0.5) is 5.69 Å². The molecule has 0 saturated carbocycles. The zero-order chi connectivity index (χ0) is 16.8. The van der Waals surface area contributed by atoms with Crippen LogP contribution in [0, 0.1) is 11.8 Å². The van der Waals surface area contributed by atoms with E-state index in [1.54, 1.807) is 17.3 Å². The van der Waals surface area contributed by atoms with Crippen molar-refractivity contribution in [2.45, 2.75) is 38.2 Å². The fourth-order valence-electron chi connectivity index (χ4n) is 3.29. The molecule has 2 aliphatic heterocycles. The third-order valence-corrected chi connectivity index (χ3v) is 6.18. The maximum Gasteiger partial charge on any atom is 0.265 e. The Labute approximate surface area is 136 Å². The van der Waals surface area contributed by atoms with E-state index >= 15 is 0 Å². The Morgan fingerprint density at radius 3 is 2.48 bits per heavy atom. The van der Waals surface area contributed by atoms with Gasteiger partial charge in [-0.15, -0.1) is 0 Å². The molecule has 1 aromatic rings. The first kappa shape index (κ1) is 16.3. The molecule has 1 N–H and O–H groups in total. The summed E-state index contributed by atoms with van der Waals surface area (Å²) in [5.41, 5.74) is 0.507. The number of nitrogens with zero attached hydrogens (tertiary/aromatic N) is 1. The van der Waals surface area contributed by atoms with Crippen molar-refractivity contribution in [3.63, 3.8) is 0 Å². The van der Waals surface area contributed by atoms with Crippen LogP contribution in [0.15, 0.2) is 23.1 Å². The predicted molar refractivity (Wildman–Crippen MR) is 86.9 cm³/mol. The summed E-state index contributed by atoms with van der Waals surface area (Å²) < 4.78 is 32.9. The first-order chi connectivity index (χ1) is 10.8. The molecule has 0 unspecified atom stereocenters. The maximum absolute atomic E-state index is 12.9. The molecule has 3 atom stereocenters. The lowest BCUT2D eigenvalue weighted by molar-refractivity contribution is -0.122. The minimum atomic E-state index is -3.55. The molecule has 2 aliphatic rings. The lowest BCUT2D eigenvalue weighted by Crippen LogP contribution is -2.42. The van der Waals surface area contributed by atoms with E-state index in [2.05, 4.69) is 19.2 Å². The average molecular weight is 338 g/mol. The zero-order valence-corrected chi connectivity index (χ0v) is 14.4. The largest absolute Gasteiger partial charge is 0.479 e. The van der Waals surface area contributed by atoms with Crippen LogP contribution in [0.25, 0.3) is 0 Å². The highest BCUT2D eigenvalue weighted by molar-refractivity contribution is 7.89. The van der Waals surface area contributed by atoms with Gasteiger partial charge in [0.1, 0.15) is 5.75 Å². The van der Waals surface area contributed by atoms with E-state index in [1.165, 1.54) is 12.1 Å². The molecule has 1 aromatic carbocycles. The van der Waals surface area contributed by atoms with E-state index in [0.717, 1.165) is 6.42 Å². The van der Waals surface area contributed by atoms with Crippen LogP contribution in [0.3, 0.4) is 0 Å². The monoisotopic (exact) mass is 338 g/mol. The molecule has 2 heterocycles. The SMILES string of the molecule is C[C@@H]1C[C@H](C)CN(S(=O)(=O)c2ccc3c(c2)O[C@@H](C)C(=O)N3)C1. The van der Waals surface area contributed by atoms with Gasteiger partial charge >= 0.3 is 0 Å². The Balaban J connectivity index is 1.92. The maximum atomic E-state index is 12.9. The van der Waals surface area contributed by atoms with Crippen LogP contribution < -0.4 is 10.1 Å². The number of rotatable bonds is 2. The van der Waals surface area contributed by atoms with E-state index in [1.807, 2.05) is 0 Å². The van der Waals surface area contributed by atoms with Crippen LogP contribution in [-0.2, 0) is 14.8 Å². The number of hydrogen-bond donors (Lipinski definition) is 1. The Morgan fingerprint density at radius 2 is 1.83 bits per heavy atom. The van der Waals surface area contributed by atoms with Crippen molar-refractivity contribution >= 4 is 21.6 Å². The third-order valence-electron chi connectivity index (χ3n) is 4.36. The smallest absolute Gasteiger partial charge is 0.265 e. The Bertz CT molecular complexity index is 722. The van der Waals surface area contributed by atoms with Crippen molar-refractivity contribution in [1.82, 2.24) is 4.31 Å². The standard InChI is InChI=1S/C16H22N2O4S/c1-10-6-11(2)9-18(8-10)23(20,21)13-4-5-14-15(7-13)22-12(3)16(19)17-14/h4-5,7,10-12H,6,8-9H2,1-3H3,(H,17,19)/t10-,11+,12-/m0/s1. The van der Waals surface area contributed by atoms with Gasteiger partial charge in [0, 0.05) is 19.2 Å². The second kappa shape index (κ2) is 5.79.